The molecule has 1 atom stereocenters. The molecule has 0 aliphatic carbocycles. The lowest BCUT2D eigenvalue weighted by atomic mass is 10.1. The lowest BCUT2D eigenvalue weighted by Crippen LogP contribution is -2.50. The van der Waals surface area contributed by atoms with E-state index in [0.717, 1.165) is 38.1 Å². The van der Waals surface area contributed by atoms with Crippen molar-refractivity contribution < 1.29 is 21.9 Å². The van der Waals surface area contributed by atoms with Crippen LogP contribution in [0.15, 0.2) is 23.1 Å². The number of hydrogen-bond acceptors (Lipinski definition) is 4. The maximum Gasteiger partial charge on any atom is 0.246 e. The van der Waals surface area contributed by atoms with Crippen molar-refractivity contribution in [1.82, 2.24) is 9.21 Å². The highest BCUT2D eigenvalue weighted by atomic mass is 32.2. The molecule has 8 heteroatoms. The number of halogens is 2. The summed E-state index contributed by atoms with van der Waals surface area (Å²) in [5.41, 5.74) is 0. The highest BCUT2D eigenvalue weighted by Gasteiger charge is 2.31. The third kappa shape index (κ3) is 3.93. The summed E-state index contributed by atoms with van der Waals surface area (Å²) in [7, 11) is -3.93. The summed E-state index contributed by atoms with van der Waals surface area (Å²) in [4.78, 5) is 1.72. The lowest BCUT2D eigenvalue weighted by molar-refractivity contribution is -0.0103. The zero-order valence-corrected chi connectivity index (χ0v) is 14.3. The Kier molecular flexibility index (Phi) is 5.49. The summed E-state index contributed by atoms with van der Waals surface area (Å²) in [6.07, 6.45) is 3.53. The minimum absolute atomic E-state index is 0.219. The minimum atomic E-state index is -3.93. The SMILES string of the molecule is O=S(=O)(c1ccc(F)cc1F)N1CCN(C[C@@H]2CCCCO2)CC1. The van der Waals surface area contributed by atoms with E-state index < -0.39 is 26.6 Å². The van der Waals surface area contributed by atoms with Crippen LogP contribution in [0.25, 0.3) is 0 Å². The molecule has 2 aliphatic rings. The summed E-state index contributed by atoms with van der Waals surface area (Å²) < 4.78 is 58.8. The van der Waals surface area contributed by atoms with Crippen molar-refractivity contribution in [3.8, 4) is 0 Å². The summed E-state index contributed by atoms with van der Waals surface area (Å²) in [5.74, 6) is -1.84. The Bertz CT molecular complexity index is 670. The molecule has 2 saturated heterocycles. The third-order valence-electron chi connectivity index (χ3n) is 4.58. The molecule has 1 aromatic carbocycles. The largest absolute Gasteiger partial charge is 0.377 e. The summed E-state index contributed by atoms with van der Waals surface area (Å²) >= 11 is 0. The van der Waals surface area contributed by atoms with E-state index in [1.54, 1.807) is 0 Å². The second-order valence-corrected chi connectivity index (χ2v) is 8.17. The van der Waals surface area contributed by atoms with Crippen molar-refractivity contribution in [2.75, 3.05) is 39.3 Å². The average Bonchev–Trinajstić information content (AvgIpc) is 2.56. The Morgan fingerprint density at radius 1 is 1.12 bits per heavy atom. The van der Waals surface area contributed by atoms with Gasteiger partial charge in [0, 0.05) is 45.4 Å². The zero-order valence-electron chi connectivity index (χ0n) is 13.5. The van der Waals surface area contributed by atoms with E-state index in [9.17, 15) is 17.2 Å². The van der Waals surface area contributed by atoms with Crippen molar-refractivity contribution in [3.05, 3.63) is 29.8 Å². The summed E-state index contributed by atoms with van der Waals surface area (Å²) in [6.45, 7) is 3.36. The highest BCUT2D eigenvalue weighted by Crippen LogP contribution is 2.22. The molecule has 2 fully saturated rings. The molecule has 0 N–H and O–H groups in total. The molecule has 0 spiro atoms. The van der Waals surface area contributed by atoms with Crippen LogP contribution in [-0.4, -0.2) is 63.1 Å². The number of nitrogens with zero attached hydrogens (tertiary/aromatic N) is 2. The number of benzene rings is 1. The first kappa shape index (κ1) is 17.7. The maximum atomic E-state index is 13.8. The monoisotopic (exact) mass is 360 g/mol. The molecule has 2 aliphatic heterocycles. The molecule has 0 unspecified atom stereocenters. The maximum absolute atomic E-state index is 13.8. The van der Waals surface area contributed by atoms with E-state index in [4.69, 9.17) is 4.74 Å². The van der Waals surface area contributed by atoms with Crippen molar-refractivity contribution >= 4 is 10.0 Å². The lowest BCUT2D eigenvalue weighted by Gasteiger charge is -2.36. The zero-order chi connectivity index (χ0) is 17.2. The van der Waals surface area contributed by atoms with Gasteiger partial charge in [0.25, 0.3) is 0 Å². The molecule has 2 heterocycles. The quantitative estimate of drug-likeness (QED) is 0.822. The number of hydrogen-bond donors (Lipinski definition) is 0. The third-order valence-corrected chi connectivity index (χ3v) is 6.51. The van der Waals surface area contributed by atoms with Crippen LogP contribution >= 0.6 is 0 Å². The van der Waals surface area contributed by atoms with Gasteiger partial charge in [0.05, 0.1) is 6.10 Å². The molecule has 1 aromatic rings. The topological polar surface area (TPSA) is 49.9 Å². The predicted molar refractivity (Wildman–Crippen MR) is 85.1 cm³/mol. The first-order valence-electron chi connectivity index (χ1n) is 8.26. The summed E-state index contributed by atoms with van der Waals surface area (Å²) in [5, 5.41) is 0. The van der Waals surface area contributed by atoms with Crippen LogP contribution in [0.3, 0.4) is 0 Å². The van der Waals surface area contributed by atoms with Crippen LogP contribution in [0, 0.1) is 11.6 Å². The van der Waals surface area contributed by atoms with E-state index >= 15 is 0 Å². The highest BCUT2D eigenvalue weighted by molar-refractivity contribution is 7.89. The smallest absolute Gasteiger partial charge is 0.246 e. The molecule has 0 bridgehead atoms. The van der Waals surface area contributed by atoms with Gasteiger partial charge >= 0.3 is 0 Å². The number of sulfonamides is 1. The Hall–Kier alpha value is -1.09. The Balaban J connectivity index is 1.61. The molecule has 134 valence electrons. The Labute approximate surface area is 141 Å². The van der Waals surface area contributed by atoms with Crippen LogP contribution in [-0.2, 0) is 14.8 Å². The fourth-order valence-electron chi connectivity index (χ4n) is 3.22. The average molecular weight is 360 g/mol. The first-order valence-corrected chi connectivity index (χ1v) is 9.70. The van der Waals surface area contributed by atoms with Gasteiger partial charge in [-0.1, -0.05) is 0 Å². The van der Waals surface area contributed by atoms with Crippen LogP contribution in [0.1, 0.15) is 19.3 Å². The van der Waals surface area contributed by atoms with E-state index in [-0.39, 0.29) is 6.10 Å². The van der Waals surface area contributed by atoms with Gasteiger partial charge in [-0.15, -0.1) is 0 Å². The van der Waals surface area contributed by atoms with E-state index in [1.165, 1.54) is 10.7 Å². The molecule has 0 radical (unpaired) electrons. The van der Waals surface area contributed by atoms with Crippen molar-refractivity contribution in [1.29, 1.82) is 0 Å². The van der Waals surface area contributed by atoms with Crippen LogP contribution in [0.5, 0.6) is 0 Å². The Morgan fingerprint density at radius 3 is 2.50 bits per heavy atom. The normalized spacial score (nSPS) is 24.2. The Morgan fingerprint density at radius 2 is 1.88 bits per heavy atom. The standard InChI is InChI=1S/C16H22F2N2O3S/c17-13-4-5-16(15(18)11-13)24(21,22)20-8-6-19(7-9-20)12-14-3-1-2-10-23-14/h4-5,11,14H,1-3,6-10,12H2/t14-/m0/s1. The predicted octanol–water partition coefficient (Wildman–Crippen LogP) is 1.84. The van der Waals surface area contributed by atoms with Gasteiger partial charge in [-0.2, -0.15) is 4.31 Å². The van der Waals surface area contributed by atoms with Gasteiger partial charge in [-0.05, 0) is 31.4 Å². The van der Waals surface area contributed by atoms with Crippen molar-refractivity contribution in [2.24, 2.45) is 0 Å². The van der Waals surface area contributed by atoms with E-state index in [0.29, 0.717) is 32.2 Å². The molecule has 5 nitrogen and oxygen atoms in total. The van der Waals surface area contributed by atoms with E-state index in [1.807, 2.05) is 0 Å². The van der Waals surface area contributed by atoms with Gasteiger partial charge in [0.2, 0.25) is 10.0 Å². The van der Waals surface area contributed by atoms with Gasteiger partial charge in [-0.3, -0.25) is 4.90 Å². The van der Waals surface area contributed by atoms with Crippen LogP contribution in [0.4, 0.5) is 8.78 Å². The summed E-state index contributed by atoms with van der Waals surface area (Å²) in [6, 6.07) is 2.55. The molecule has 0 amide bonds. The second-order valence-electron chi connectivity index (χ2n) is 6.27. The number of piperazine rings is 1. The molecule has 3 rings (SSSR count). The van der Waals surface area contributed by atoms with Crippen molar-refractivity contribution in [3.63, 3.8) is 0 Å². The fraction of sp³-hybridized carbons (Fsp3) is 0.625. The molecular weight excluding hydrogens is 338 g/mol. The minimum Gasteiger partial charge on any atom is -0.377 e. The molecular formula is C16H22F2N2O3S. The van der Waals surface area contributed by atoms with Gasteiger partial charge in [-0.25, -0.2) is 17.2 Å². The van der Waals surface area contributed by atoms with Gasteiger partial charge < -0.3 is 4.74 Å². The van der Waals surface area contributed by atoms with Crippen LogP contribution < -0.4 is 0 Å². The first-order chi connectivity index (χ1) is 11.5. The molecule has 24 heavy (non-hydrogen) atoms. The number of ether oxygens (including phenoxy) is 1. The van der Waals surface area contributed by atoms with E-state index in [2.05, 4.69) is 4.90 Å². The molecule has 0 saturated carbocycles. The molecule has 0 aromatic heterocycles. The second kappa shape index (κ2) is 7.43. The number of rotatable bonds is 4. The van der Waals surface area contributed by atoms with Gasteiger partial charge in [0.15, 0.2) is 0 Å². The van der Waals surface area contributed by atoms with Crippen LogP contribution in [0.2, 0.25) is 0 Å². The van der Waals surface area contributed by atoms with Gasteiger partial charge in [0.1, 0.15) is 16.5 Å². The van der Waals surface area contributed by atoms with Crippen molar-refractivity contribution in [2.45, 2.75) is 30.3 Å². The fourth-order valence-corrected chi connectivity index (χ4v) is 4.68.